The van der Waals surface area contributed by atoms with Gasteiger partial charge in [0.15, 0.2) is 0 Å². The lowest BCUT2D eigenvalue weighted by molar-refractivity contribution is 0.153. The molecule has 1 aliphatic carbocycles. The standard InChI is InChI=1S/C20H31N3O2/c1-16(23-12-10-21-11-13-23)22-15-17-14-19(24-2)8-9-20(17)25-18-6-4-3-5-7-18/h8-9,14,18,21-22H,1,3-7,10-13,15H2,2H3. The average Bonchev–Trinajstić information content (AvgIpc) is 2.68. The fraction of sp³-hybridized carbons (Fsp3) is 0.600. The highest BCUT2D eigenvalue weighted by molar-refractivity contribution is 5.40. The van der Waals surface area contributed by atoms with E-state index in [9.17, 15) is 0 Å². The molecule has 2 N–H and O–H groups in total. The third kappa shape index (κ3) is 5.05. The second-order valence-electron chi connectivity index (χ2n) is 6.89. The fourth-order valence-corrected chi connectivity index (χ4v) is 3.54. The van der Waals surface area contributed by atoms with Crippen LogP contribution in [0.25, 0.3) is 0 Å². The zero-order valence-corrected chi connectivity index (χ0v) is 15.4. The maximum absolute atomic E-state index is 6.31. The van der Waals surface area contributed by atoms with E-state index in [1.807, 2.05) is 12.1 Å². The topological polar surface area (TPSA) is 45.8 Å². The maximum Gasteiger partial charge on any atom is 0.124 e. The summed E-state index contributed by atoms with van der Waals surface area (Å²) in [6.07, 6.45) is 6.54. The highest BCUT2D eigenvalue weighted by Gasteiger charge is 2.17. The number of rotatable bonds is 7. The molecule has 1 saturated heterocycles. The molecular weight excluding hydrogens is 314 g/mol. The number of piperazine rings is 1. The molecule has 0 unspecified atom stereocenters. The van der Waals surface area contributed by atoms with Crippen LogP contribution in [0.1, 0.15) is 37.7 Å². The SMILES string of the molecule is C=C(NCc1cc(OC)ccc1OC1CCCCC1)N1CCNCC1. The number of hydrogen-bond acceptors (Lipinski definition) is 5. The summed E-state index contributed by atoms with van der Waals surface area (Å²) >= 11 is 0. The van der Waals surface area contributed by atoms with Crippen molar-refractivity contribution in [1.29, 1.82) is 0 Å². The van der Waals surface area contributed by atoms with Gasteiger partial charge in [-0.05, 0) is 43.9 Å². The zero-order chi connectivity index (χ0) is 17.5. The van der Waals surface area contributed by atoms with E-state index in [2.05, 4.69) is 28.2 Å². The van der Waals surface area contributed by atoms with Crippen LogP contribution < -0.4 is 20.1 Å². The van der Waals surface area contributed by atoms with Crippen molar-refractivity contribution in [2.24, 2.45) is 0 Å². The molecule has 0 radical (unpaired) electrons. The lowest BCUT2D eigenvalue weighted by Crippen LogP contribution is -2.45. The second kappa shape index (κ2) is 8.99. The van der Waals surface area contributed by atoms with Gasteiger partial charge in [-0.2, -0.15) is 0 Å². The first-order chi connectivity index (χ1) is 12.3. The molecule has 1 heterocycles. The fourth-order valence-electron chi connectivity index (χ4n) is 3.54. The van der Waals surface area contributed by atoms with Crippen LogP contribution in [0.3, 0.4) is 0 Å². The van der Waals surface area contributed by atoms with E-state index < -0.39 is 0 Å². The van der Waals surface area contributed by atoms with Gasteiger partial charge in [-0.15, -0.1) is 0 Å². The number of methoxy groups -OCH3 is 1. The summed E-state index contributed by atoms with van der Waals surface area (Å²) in [6, 6.07) is 6.08. The second-order valence-corrected chi connectivity index (χ2v) is 6.89. The lowest BCUT2D eigenvalue weighted by Gasteiger charge is -2.31. The summed E-state index contributed by atoms with van der Waals surface area (Å²) in [5, 5.41) is 6.83. The molecule has 0 amide bonds. The molecule has 2 aliphatic rings. The van der Waals surface area contributed by atoms with Crippen molar-refractivity contribution in [3.63, 3.8) is 0 Å². The Morgan fingerprint density at radius 2 is 2.00 bits per heavy atom. The van der Waals surface area contributed by atoms with Crippen molar-refractivity contribution in [3.05, 3.63) is 36.2 Å². The number of benzene rings is 1. The quantitative estimate of drug-likeness (QED) is 0.796. The Kier molecular flexibility index (Phi) is 6.45. The van der Waals surface area contributed by atoms with Gasteiger partial charge in [0.1, 0.15) is 11.5 Å². The molecule has 3 rings (SSSR count). The van der Waals surface area contributed by atoms with E-state index in [-0.39, 0.29) is 0 Å². The van der Waals surface area contributed by atoms with Crippen LogP contribution >= 0.6 is 0 Å². The molecule has 1 aromatic rings. The van der Waals surface area contributed by atoms with Gasteiger partial charge >= 0.3 is 0 Å². The Morgan fingerprint density at radius 3 is 2.72 bits per heavy atom. The molecule has 0 aromatic heterocycles. The van der Waals surface area contributed by atoms with Crippen LogP contribution in [0.2, 0.25) is 0 Å². The number of nitrogens with zero attached hydrogens (tertiary/aromatic N) is 1. The Labute approximate surface area is 151 Å². The highest BCUT2D eigenvalue weighted by Crippen LogP contribution is 2.29. The van der Waals surface area contributed by atoms with Crippen molar-refractivity contribution >= 4 is 0 Å². The van der Waals surface area contributed by atoms with E-state index in [0.29, 0.717) is 12.6 Å². The predicted octanol–water partition coefficient (Wildman–Crippen LogP) is 2.87. The van der Waals surface area contributed by atoms with Crippen molar-refractivity contribution < 1.29 is 9.47 Å². The van der Waals surface area contributed by atoms with Gasteiger partial charge in [-0.25, -0.2) is 0 Å². The number of nitrogens with one attached hydrogen (secondary N) is 2. The van der Waals surface area contributed by atoms with Gasteiger partial charge in [-0.1, -0.05) is 13.0 Å². The molecule has 2 fully saturated rings. The van der Waals surface area contributed by atoms with Crippen LogP contribution in [0.4, 0.5) is 0 Å². The van der Waals surface area contributed by atoms with Gasteiger partial charge in [-0.3, -0.25) is 0 Å². The Balaban J connectivity index is 1.63. The van der Waals surface area contributed by atoms with Crippen molar-refractivity contribution in [2.45, 2.75) is 44.8 Å². The molecule has 25 heavy (non-hydrogen) atoms. The molecule has 1 aromatic carbocycles. The Morgan fingerprint density at radius 1 is 1.24 bits per heavy atom. The molecule has 5 heteroatoms. The summed E-state index contributed by atoms with van der Waals surface area (Å²) in [7, 11) is 1.70. The molecule has 0 bridgehead atoms. The Hall–Kier alpha value is -1.88. The lowest BCUT2D eigenvalue weighted by atomic mass is 9.97. The van der Waals surface area contributed by atoms with Gasteiger partial charge < -0.3 is 25.0 Å². The normalized spacial score (nSPS) is 18.7. The molecular formula is C20H31N3O2. The summed E-state index contributed by atoms with van der Waals surface area (Å²) in [4.78, 5) is 2.29. The molecule has 1 aliphatic heterocycles. The largest absolute Gasteiger partial charge is 0.497 e. The van der Waals surface area contributed by atoms with E-state index in [1.54, 1.807) is 7.11 Å². The minimum Gasteiger partial charge on any atom is -0.497 e. The van der Waals surface area contributed by atoms with Gasteiger partial charge in [0.05, 0.1) is 19.0 Å². The first kappa shape index (κ1) is 17.9. The van der Waals surface area contributed by atoms with Crippen LogP contribution in [0, 0.1) is 0 Å². The molecule has 138 valence electrons. The smallest absolute Gasteiger partial charge is 0.124 e. The van der Waals surface area contributed by atoms with E-state index in [0.717, 1.165) is 61.9 Å². The van der Waals surface area contributed by atoms with Gasteiger partial charge in [0, 0.05) is 38.3 Å². The van der Waals surface area contributed by atoms with E-state index in [4.69, 9.17) is 9.47 Å². The maximum atomic E-state index is 6.31. The van der Waals surface area contributed by atoms with Gasteiger partial charge in [0.25, 0.3) is 0 Å². The highest BCUT2D eigenvalue weighted by atomic mass is 16.5. The molecule has 0 spiro atoms. The van der Waals surface area contributed by atoms with Gasteiger partial charge in [0.2, 0.25) is 0 Å². The van der Waals surface area contributed by atoms with Crippen LogP contribution in [0.15, 0.2) is 30.6 Å². The van der Waals surface area contributed by atoms with Crippen LogP contribution in [0.5, 0.6) is 11.5 Å². The number of ether oxygens (including phenoxy) is 2. The first-order valence-electron chi connectivity index (χ1n) is 9.48. The molecule has 0 atom stereocenters. The summed E-state index contributed by atoms with van der Waals surface area (Å²) < 4.78 is 11.7. The third-order valence-corrected chi connectivity index (χ3v) is 5.10. The average molecular weight is 345 g/mol. The number of hydrogen-bond donors (Lipinski definition) is 2. The monoisotopic (exact) mass is 345 g/mol. The summed E-state index contributed by atoms with van der Waals surface area (Å²) in [5.41, 5.74) is 1.13. The van der Waals surface area contributed by atoms with Crippen molar-refractivity contribution in [1.82, 2.24) is 15.5 Å². The minimum absolute atomic E-state index is 0.345. The summed E-state index contributed by atoms with van der Waals surface area (Å²) in [5.74, 6) is 2.81. The minimum atomic E-state index is 0.345. The Bertz CT molecular complexity index is 564. The summed E-state index contributed by atoms with van der Waals surface area (Å²) in [6.45, 7) is 8.90. The van der Waals surface area contributed by atoms with Crippen LogP contribution in [-0.2, 0) is 6.54 Å². The zero-order valence-electron chi connectivity index (χ0n) is 15.4. The van der Waals surface area contributed by atoms with E-state index in [1.165, 1.54) is 19.3 Å². The van der Waals surface area contributed by atoms with Crippen LogP contribution in [-0.4, -0.2) is 44.3 Å². The predicted molar refractivity (Wildman–Crippen MR) is 101 cm³/mol. The molecule has 1 saturated carbocycles. The van der Waals surface area contributed by atoms with Crippen molar-refractivity contribution in [2.75, 3.05) is 33.3 Å². The van der Waals surface area contributed by atoms with Crippen molar-refractivity contribution in [3.8, 4) is 11.5 Å². The third-order valence-electron chi connectivity index (χ3n) is 5.10. The molecule has 5 nitrogen and oxygen atoms in total. The van der Waals surface area contributed by atoms with E-state index >= 15 is 0 Å². The first-order valence-corrected chi connectivity index (χ1v) is 9.48.